The zero-order valence-corrected chi connectivity index (χ0v) is 15.7. The molecule has 1 aliphatic rings. The van der Waals surface area contributed by atoms with Gasteiger partial charge in [-0.3, -0.25) is 9.69 Å². The van der Waals surface area contributed by atoms with Gasteiger partial charge in [0.15, 0.2) is 9.84 Å². The smallest absolute Gasteiger partial charge is 0.237 e. The molecule has 0 unspecified atom stereocenters. The van der Waals surface area contributed by atoms with E-state index in [-0.39, 0.29) is 30.0 Å². The second-order valence-corrected chi connectivity index (χ2v) is 8.77. The quantitative estimate of drug-likeness (QED) is 0.696. The molecule has 0 saturated carbocycles. The summed E-state index contributed by atoms with van der Waals surface area (Å²) in [5, 5.41) is 0. The van der Waals surface area contributed by atoms with Crippen molar-refractivity contribution < 1.29 is 22.0 Å². The molecule has 0 aromatic carbocycles. The molecule has 142 valence electrons. The van der Waals surface area contributed by atoms with E-state index in [1.54, 1.807) is 17.4 Å². The molecule has 1 atom stereocenters. The van der Waals surface area contributed by atoms with E-state index >= 15 is 0 Å². The average molecular weight is 380 g/mol. The number of amides is 1. The first-order valence-corrected chi connectivity index (χ1v) is 10.6. The minimum Gasteiger partial charge on any atom is -0.468 e. The SMILES string of the molecule is CCN(C(=O)CN(Cc1ccco1)Cc1ccco1)[C@@H]1CCS(=O)(=O)C1. The third kappa shape index (κ3) is 4.76. The van der Waals surface area contributed by atoms with Gasteiger partial charge in [-0.15, -0.1) is 0 Å². The number of carbonyl (C=O) groups excluding carboxylic acids is 1. The van der Waals surface area contributed by atoms with Crippen molar-refractivity contribution in [3.05, 3.63) is 48.3 Å². The first-order chi connectivity index (χ1) is 12.5. The summed E-state index contributed by atoms with van der Waals surface area (Å²) in [5.41, 5.74) is 0. The summed E-state index contributed by atoms with van der Waals surface area (Å²) < 4.78 is 34.3. The highest BCUT2D eigenvalue weighted by Crippen LogP contribution is 2.19. The van der Waals surface area contributed by atoms with Crippen LogP contribution in [-0.4, -0.2) is 54.8 Å². The summed E-state index contributed by atoms with van der Waals surface area (Å²) >= 11 is 0. The first kappa shape index (κ1) is 18.7. The molecule has 8 heteroatoms. The Labute approximate surface area is 153 Å². The molecule has 2 aromatic rings. The summed E-state index contributed by atoms with van der Waals surface area (Å²) in [7, 11) is -3.03. The van der Waals surface area contributed by atoms with Crippen molar-refractivity contribution >= 4 is 15.7 Å². The van der Waals surface area contributed by atoms with E-state index < -0.39 is 9.84 Å². The van der Waals surface area contributed by atoms with Gasteiger partial charge in [0.05, 0.1) is 43.7 Å². The number of rotatable bonds is 8. The molecule has 0 spiro atoms. The van der Waals surface area contributed by atoms with E-state index in [1.807, 2.05) is 36.1 Å². The zero-order chi connectivity index (χ0) is 18.6. The second kappa shape index (κ2) is 8.09. The lowest BCUT2D eigenvalue weighted by Gasteiger charge is -2.29. The van der Waals surface area contributed by atoms with Gasteiger partial charge in [-0.1, -0.05) is 0 Å². The molecule has 1 aliphatic heterocycles. The van der Waals surface area contributed by atoms with Gasteiger partial charge in [0.1, 0.15) is 11.5 Å². The Kier molecular flexibility index (Phi) is 5.83. The molecule has 3 rings (SSSR count). The van der Waals surface area contributed by atoms with Crippen LogP contribution in [0, 0.1) is 0 Å². The lowest BCUT2D eigenvalue weighted by molar-refractivity contribution is -0.134. The maximum Gasteiger partial charge on any atom is 0.237 e. The number of hydrogen-bond donors (Lipinski definition) is 0. The van der Waals surface area contributed by atoms with Crippen molar-refractivity contribution in [2.75, 3.05) is 24.6 Å². The molecular weight excluding hydrogens is 356 g/mol. The van der Waals surface area contributed by atoms with Crippen LogP contribution in [0.2, 0.25) is 0 Å². The van der Waals surface area contributed by atoms with Crippen LogP contribution in [0.15, 0.2) is 45.6 Å². The second-order valence-electron chi connectivity index (χ2n) is 6.54. The van der Waals surface area contributed by atoms with E-state index in [4.69, 9.17) is 8.83 Å². The molecule has 2 aromatic heterocycles. The van der Waals surface area contributed by atoms with Crippen LogP contribution in [0.25, 0.3) is 0 Å². The van der Waals surface area contributed by atoms with Crippen molar-refractivity contribution in [2.24, 2.45) is 0 Å². The average Bonchev–Trinajstić information content (AvgIpc) is 3.31. The van der Waals surface area contributed by atoms with E-state index in [0.29, 0.717) is 26.1 Å². The Morgan fingerprint density at radius 2 is 1.77 bits per heavy atom. The lowest BCUT2D eigenvalue weighted by atomic mass is 10.2. The third-order valence-electron chi connectivity index (χ3n) is 4.59. The molecule has 26 heavy (non-hydrogen) atoms. The number of likely N-dealkylation sites (N-methyl/N-ethyl adjacent to an activating group) is 1. The van der Waals surface area contributed by atoms with E-state index in [2.05, 4.69) is 0 Å². The molecule has 3 heterocycles. The summed E-state index contributed by atoms with van der Waals surface area (Å²) in [6.07, 6.45) is 3.71. The maximum absolute atomic E-state index is 12.9. The molecule has 0 radical (unpaired) electrons. The van der Waals surface area contributed by atoms with Gasteiger partial charge in [0.2, 0.25) is 5.91 Å². The molecule has 0 bridgehead atoms. The number of nitrogens with zero attached hydrogens (tertiary/aromatic N) is 2. The van der Waals surface area contributed by atoms with Crippen LogP contribution in [0.1, 0.15) is 24.9 Å². The van der Waals surface area contributed by atoms with Crippen LogP contribution in [0.4, 0.5) is 0 Å². The number of hydrogen-bond acceptors (Lipinski definition) is 6. The highest BCUT2D eigenvalue weighted by atomic mass is 32.2. The molecule has 7 nitrogen and oxygen atoms in total. The molecule has 0 N–H and O–H groups in total. The maximum atomic E-state index is 12.9. The summed E-state index contributed by atoms with van der Waals surface area (Å²) in [6, 6.07) is 7.11. The number of sulfone groups is 1. The fraction of sp³-hybridized carbons (Fsp3) is 0.500. The molecular formula is C18H24N2O5S. The summed E-state index contributed by atoms with van der Waals surface area (Å²) in [5.74, 6) is 1.66. The van der Waals surface area contributed by atoms with Gasteiger partial charge >= 0.3 is 0 Å². The Morgan fingerprint density at radius 1 is 1.15 bits per heavy atom. The van der Waals surface area contributed by atoms with E-state index in [9.17, 15) is 13.2 Å². The molecule has 1 saturated heterocycles. The first-order valence-electron chi connectivity index (χ1n) is 8.74. The van der Waals surface area contributed by atoms with Crippen LogP contribution < -0.4 is 0 Å². The Hall–Kier alpha value is -2.06. The van der Waals surface area contributed by atoms with Crippen LogP contribution >= 0.6 is 0 Å². The van der Waals surface area contributed by atoms with E-state index in [0.717, 1.165) is 11.5 Å². The van der Waals surface area contributed by atoms with Crippen LogP contribution in [-0.2, 0) is 27.7 Å². The van der Waals surface area contributed by atoms with Gasteiger partial charge in [-0.05, 0) is 37.6 Å². The standard InChI is InChI=1S/C18H24N2O5S/c1-2-20(15-7-10-26(22,23)14-15)18(21)13-19(11-16-5-3-8-24-16)12-17-6-4-9-25-17/h3-6,8-9,15H,2,7,10-14H2,1H3/t15-/m1/s1. The molecule has 0 aliphatic carbocycles. The molecule has 1 amide bonds. The van der Waals surface area contributed by atoms with Gasteiger partial charge in [0, 0.05) is 12.6 Å². The summed E-state index contributed by atoms with van der Waals surface area (Å²) in [4.78, 5) is 16.5. The van der Waals surface area contributed by atoms with E-state index in [1.165, 1.54) is 0 Å². The minimum absolute atomic E-state index is 0.0585. The minimum atomic E-state index is -3.03. The van der Waals surface area contributed by atoms with Gasteiger partial charge < -0.3 is 13.7 Å². The fourth-order valence-corrected chi connectivity index (χ4v) is 5.09. The Bertz CT molecular complexity index is 763. The van der Waals surface area contributed by atoms with Crippen molar-refractivity contribution in [1.29, 1.82) is 0 Å². The van der Waals surface area contributed by atoms with Gasteiger partial charge in [-0.2, -0.15) is 0 Å². The monoisotopic (exact) mass is 380 g/mol. The fourth-order valence-electron chi connectivity index (χ4n) is 3.36. The van der Waals surface area contributed by atoms with Crippen LogP contribution in [0.5, 0.6) is 0 Å². The third-order valence-corrected chi connectivity index (χ3v) is 6.34. The Balaban J connectivity index is 1.68. The van der Waals surface area contributed by atoms with Crippen molar-refractivity contribution in [3.63, 3.8) is 0 Å². The van der Waals surface area contributed by atoms with Gasteiger partial charge in [-0.25, -0.2) is 8.42 Å². The predicted octanol–water partition coefficient (Wildman–Crippen LogP) is 1.91. The lowest BCUT2D eigenvalue weighted by Crippen LogP contribution is -2.45. The predicted molar refractivity (Wildman–Crippen MR) is 96.0 cm³/mol. The highest BCUT2D eigenvalue weighted by molar-refractivity contribution is 7.91. The number of carbonyl (C=O) groups is 1. The largest absolute Gasteiger partial charge is 0.468 e. The summed E-state index contributed by atoms with van der Waals surface area (Å²) in [6.45, 7) is 3.49. The van der Waals surface area contributed by atoms with Crippen molar-refractivity contribution in [1.82, 2.24) is 9.80 Å². The van der Waals surface area contributed by atoms with Crippen LogP contribution in [0.3, 0.4) is 0 Å². The normalized spacial score (nSPS) is 19.1. The number of furan rings is 2. The topological polar surface area (TPSA) is 84.0 Å². The Morgan fingerprint density at radius 3 is 2.19 bits per heavy atom. The zero-order valence-electron chi connectivity index (χ0n) is 14.8. The van der Waals surface area contributed by atoms with Crippen molar-refractivity contribution in [2.45, 2.75) is 32.5 Å². The van der Waals surface area contributed by atoms with Crippen molar-refractivity contribution in [3.8, 4) is 0 Å². The highest BCUT2D eigenvalue weighted by Gasteiger charge is 2.34. The molecule has 1 fully saturated rings. The van der Waals surface area contributed by atoms with Gasteiger partial charge in [0.25, 0.3) is 0 Å².